The first-order chi connectivity index (χ1) is 6.18. The van der Waals surface area contributed by atoms with Crippen molar-refractivity contribution in [1.29, 1.82) is 0 Å². The molecule has 2 aromatic rings. The summed E-state index contributed by atoms with van der Waals surface area (Å²) in [5, 5.41) is 8.03. The van der Waals surface area contributed by atoms with Gasteiger partial charge in [-0.05, 0) is 15.9 Å². The predicted octanol–water partition coefficient (Wildman–Crippen LogP) is 2.01. The van der Waals surface area contributed by atoms with Gasteiger partial charge in [-0.15, -0.1) is 10.2 Å². The fraction of sp³-hybridized carbons (Fsp3) is 0.375. The zero-order valence-corrected chi connectivity index (χ0v) is 8.98. The number of hydrogen-bond acceptors (Lipinski definition) is 3. The Morgan fingerprint density at radius 2 is 2.15 bits per heavy atom. The SMILES string of the molecule is CC(C)c1nnc2ncc(Br)cn12. The van der Waals surface area contributed by atoms with Gasteiger partial charge in [0, 0.05) is 18.3 Å². The van der Waals surface area contributed by atoms with Gasteiger partial charge < -0.3 is 0 Å². The van der Waals surface area contributed by atoms with Gasteiger partial charge in [0.25, 0.3) is 5.78 Å². The van der Waals surface area contributed by atoms with E-state index >= 15 is 0 Å². The largest absolute Gasteiger partial charge is 0.269 e. The zero-order chi connectivity index (χ0) is 9.42. The molecule has 0 aliphatic carbocycles. The Morgan fingerprint density at radius 3 is 2.85 bits per heavy atom. The highest BCUT2D eigenvalue weighted by Gasteiger charge is 2.09. The van der Waals surface area contributed by atoms with Gasteiger partial charge in [-0.25, -0.2) is 4.98 Å². The van der Waals surface area contributed by atoms with Crippen LogP contribution in [0.4, 0.5) is 0 Å². The lowest BCUT2D eigenvalue weighted by Crippen LogP contribution is -1.97. The van der Waals surface area contributed by atoms with Gasteiger partial charge in [-0.1, -0.05) is 13.8 Å². The van der Waals surface area contributed by atoms with Crippen LogP contribution in [0, 0.1) is 0 Å². The van der Waals surface area contributed by atoms with E-state index in [1.54, 1.807) is 6.20 Å². The van der Waals surface area contributed by atoms with Crippen molar-refractivity contribution >= 4 is 21.7 Å². The van der Waals surface area contributed by atoms with Gasteiger partial charge in [0.1, 0.15) is 5.82 Å². The first-order valence-electron chi connectivity index (χ1n) is 4.04. The fourth-order valence-electron chi connectivity index (χ4n) is 1.18. The van der Waals surface area contributed by atoms with E-state index in [2.05, 4.69) is 45.0 Å². The van der Waals surface area contributed by atoms with Crippen LogP contribution in [0.3, 0.4) is 0 Å². The summed E-state index contributed by atoms with van der Waals surface area (Å²) in [5.74, 6) is 1.93. The minimum atomic E-state index is 0.353. The van der Waals surface area contributed by atoms with Gasteiger partial charge in [-0.3, -0.25) is 4.40 Å². The van der Waals surface area contributed by atoms with Crippen molar-refractivity contribution in [2.24, 2.45) is 0 Å². The molecule has 0 aromatic carbocycles. The lowest BCUT2D eigenvalue weighted by atomic mass is 10.2. The van der Waals surface area contributed by atoms with E-state index in [0.29, 0.717) is 11.7 Å². The van der Waals surface area contributed by atoms with Crippen LogP contribution in [0.1, 0.15) is 25.6 Å². The molecule has 0 saturated carbocycles. The molecule has 0 spiro atoms. The number of nitrogens with zero attached hydrogens (tertiary/aromatic N) is 4. The summed E-state index contributed by atoms with van der Waals surface area (Å²) in [6.07, 6.45) is 3.64. The van der Waals surface area contributed by atoms with Crippen LogP contribution < -0.4 is 0 Å². The monoisotopic (exact) mass is 240 g/mol. The molecule has 2 aromatic heterocycles. The van der Waals surface area contributed by atoms with Crippen LogP contribution in [0.2, 0.25) is 0 Å². The van der Waals surface area contributed by atoms with Gasteiger partial charge in [0.15, 0.2) is 0 Å². The van der Waals surface area contributed by atoms with Crippen LogP contribution in [-0.2, 0) is 0 Å². The Hall–Kier alpha value is -0.970. The fourth-order valence-corrected chi connectivity index (χ4v) is 1.48. The molecule has 68 valence electrons. The Morgan fingerprint density at radius 1 is 1.38 bits per heavy atom. The second-order valence-corrected chi connectivity index (χ2v) is 4.07. The molecule has 0 unspecified atom stereocenters. The van der Waals surface area contributed by atoms with Crippen molar-refractivity contribution in [1.82, 2.24) is 19.6 Å². The highest BCUT2D eigenvalue weighted by Crippen LogP contribution is 2.14. The van der Waals surface area contributed by atoms with E-state index in [1.165, 1.54) is 0 Å². The van der Waals surface area contributed by atoms with Crippen LogP contribution in [0.15, 0.2) is 16.9 Å². The summed E-state index contributed by atoms with van der Waals surface area (Å²) in [4.78, 5) is 4.13. The van der Waals surface area contributed by atoms with E-state index in [1.807, 2.05) is 10.6 Å². The van der Waals surface area contributed by atoms with E-state index in [4.69, 9.17) is 0 Å². The molecule has 5 heteroatoms. The molecule has 0 aliphatic heterocycles. The second-order valence-electron chi connectivity index (χ2n) is 3.16. The Bertz CT molecular complexity index is 435. The molecule has 13 heavy (non-hydrogen) atoms. The van der Waals surface area contributed by atoms with Crippen molar-refractivity contribution in [2.45, 2.75) is 19.8 Å². The van der Waals surface area contributed by atoms with E-state index < -0.39 is 0 Å². The lowest BCUT2D eigenvalue weighted by Gasteiger charge is -2.01. The maximum Gasteiger partial charge on any atom is 0.255 e. The van der Waals surface area contributed by atoms with Crippen LogP contribution >= 0.6 is 15.9 Å². The van der Waals surface area contributed by atoms with Crippen molar-refractivity contribution in [2.75, 3.05) is 0 Å². The summed E-state index contributed by atoms with van der Waals surface area (Å²) in [6, 6.07) is 0. The molecular weight excluding hydrogens is 232 g/mol. The third kappa shape index (κ3) is 1.44. The standard InChI is InChI=1S/C8H9BrN4/c1-5(2)7-11-12-8-10-3-6(9)4-13(7)8/h3-5H,1-2H3. The smallest absolute Gasteiger partial charge is 0.255 e. The maximum atomic E-state index is 4.13. The highest BCUT2D eigenvalue weighted by molar-refractivity contribution is 9.10. The lowest BCUT2D eigenvalue weighted by molar-refractivity contribution is 0.757. The van der Waals surface area contributed by atoms with Gasteiger partial charge in [0.05, 0.1) is 4.47 Å². The molecule has 0 aliphatic rings. The van der Waals surface area contributed by atoms with Gasteiger partial charge in [0.2, 0.25) is 0 Å². The summed E-state index contributed by atoms with van der Waals surface area (Å²) in [5.41, 5.74) is 0. The molecule has 0 amide bonds. The van der Waals surface area contributed by atoms with E-state index in [-0.39, 0.29) is 0 Å². The molecule has 0 atom stereocenters. The number of rotatable bonds is 1. The normalized spacial score (nSPS) is 11.4. The Balaban J connectivity index is 2.71. The second kappa shape index (κ2) is 3.06. The van der Waals surface area contributed by atoms with Crippen molar-refractivity contribution < 1.29 is 0 Å². The molecule has 0 radical (unpaired) electrons. The van der Waals surface area contributed by atoms with Gasteiger partial charge >= 0.3 is 0 Å². The minimum Gasteiger partial charge on any atom is -0.269 e. The first-order valence-corrected chi connectivity index (χ1v) is 4.84. The molecule has 2 heterocycles. The van der Waals surface area contributed by atoms with Crippen LogP contribution in [-0.4, -0.2) is 19.6 Å². The molecule has 0 fully saturated rings. The number of halogens is 1. The molecule has 0 bridgehead atoms. The highest BCUT2D eigenvalue weighted by atomic mass is 79.9. The van der Waals surface area contributed by atoms with Crippen molar-refractivity contribution in [3.63, 3.8) is 0 Å². The first kappa shape index (κ1) is 8.62. The quantitative estimate of drug-likeness (QED) is 0.766. The molecule has 2 rings (SSSR count). The predicted molar refractivity (Wildman–Crippen MR) is 52.6 cm³/mol. The summed E-state index contributed by atoms with van der Waals surface area (Å²) >= 11 is 3.36. The van der Waals surface area contributed by atoms with Crippen molar-refractivity contribution in [3.8, 4) is 0 Å². The van der Waals surface area contributed by atoms with Crippen LogP contribution in [0.5, 0.6) is 0 Å². The molecule has 4 nitrogen and oxygen atoms in total. The van der Waals surface area contributed by atoms with Crippen molar-refractivity contribution in [3.05, 3.63) is 22.7 Å². The van der Waals surface area contributed by atoms with E-state index in [0.717, 1.165) is 10.3 Å². The Kier molecular flexibility index (Phi) is 2.03. The average molecular weight is 241 g/mol. The van der Waals surface area contributed by atoms with Crippen LogP contribution in [0.25, 0.3) is 5.78 Å². The summed E-state index contributed by atoms with van der Waals surface area (Å²) in [7, 11) is 0. The third-order valence-electron chi connectivity index (χ3n) is 1.78. The minimum absolute atomic E-state index is 0.353. The van der Waals surface area contributed by atoms with E-state index in [9.17, 15) is 0 Å². The average Bonchev–Trinajstić information content (AvgIpc) is 2.46. The maximum absolute atomic E-state index is 4.13. The van der Waals surface area contributed by atoms with Gasteiger partial charge in [-0.2, -0.15) is 0 Å². The number of fused-ring (bicyclic) bond motifs is 1. The molecular formula is C8H9BrN4. The topological polar surface area (TPSA) is 43.1 Å². The molecule has 0 N–H and O–H groups in total. The summed E-state index contributed by atoms with van der Waals surface area (Å²) < 4.78 is 2.83. The Labute approximate surface area is 84.1 Å². The molecule has 0 saturated heterocycles. The number of aromatic nitrogens is 4. The summed E-state index contributed by atoms with van der Waals surface area (Å²) in [6.45, 7) is 4.16. The number of hydrogen-bond donors (Lipinski definition) is 0. The zero-order valence-electron chi connectivity index (χ0n) is 7.40. The third-order valence-corrected chi connectivity index (χ3v) is 2.19.